The molecule has 0 aliphatic carbocycles. The van der Waals surface area contributed by atoms with Gasteiger partial charge in [0.25, 0.3) is 0 Å². The number of pyridine rings is 1. The van der Waals surface area contributed by atoms with Crippen LogP contribution in [0.5, 0.6) is 0 Å². The first-order valence-electron chi connectivity index (χ1n) is 8.22. The summed E-state index contributed by atoms with van der Waals surface area (Å²) in [5, 5.41) is 13.8. The Morgan fingerprint density at radius 2 is 1.96 bits per heavy atom. The van der Waals surface area contributed by atoms with E-state index in [4.69, 9.17) is 5.14 Å². The van der Waals surface area contributed by atoms with Crippen LogP contribution >= 0.6 is 0 Å². The SMILES string of the molecule is Cn1ncc2c(NCc3ccc([S+](N)[O-])cc3)nc(-c3ccccn3)nc21. The topological polar surface area (TPSA) is 118 Å². The Balaban J connectivity index is 1.66. The van der Waals surface area contributed by atoms with Gasteiger partial charge in [-0.1, -0.05) is 18.2 Å². The van der Waals surface area contributed by atoms with Crippen LogP contribution in [0.3, 0.4) is 0 Å². The largest absolute Gasteiger partial charge is 0.593 e. The van der Waals surface area contributed by atoms with Crippen LogP contribution in [-0.2, 0) is 25.0 Å². The highest BCUT2D eigenvalue weighted by Crippen LogP contribution is 2.24. The van der Waals surface area contributed by atoms with E-state index in [1.54, 1.807) is 29.2 Å². The van der Waals surface area contributed by atoms with Gasteiger partial charge in [-0.05, 0) is 29.8 Å². The molecule has 4 aromatic rings. The van der Waals surface area contributed by atoms with Gasteiger partial charge in [0.1, 0.15) is 11.5 Å². The number of nitrogens with two attached hydrogens (primary N) is 1. The number of rotatable bonds is 5. The van der Waals surface area contributed by atoms with E-state index >= 15 is 0 Å². The van der Waals surface area contributed by atoms with E-state index in [0.717, 1.165) is 16.6 Å². The molecule has 0 saturated heterocycles. The molecule has 0 aliphatic rings. The fourth-order valence-corrected chi connectivity index (χ4v) is 3.10. The summed E-state index contributed by atoms with van der Waals surface area (Å²) in [6, 6.07) is 12.9. The van der Waals surface area contributed by atoms with Gasteiger partial charge in [-0.25, -0.2) is 9.97 Å². The molecule has 3 N–H and O–H groups in total. The summed E-state index contributed by atoms with van der Waals surface area (Å²) >= 11 is -1.48. The number of hydrogen-bond donors (Lipinski definition) is 2. The maximum Gasteiger partial charge on any atom is 0.182 e. The molecule has 0 saturated carbocycles. The summed E-state index contributed by atoms with van der Waals surface area (Å²) in [7, 11) is 1.84. The Bertz CT molecular complexity index is 1060. The first kappa shape index (κ1) is 17.4. The summed E-state index contributed by atoms with van der Waals surface area (Å²) in [6.45, 7) is 0.542. The normalized spacial score (nSPS) is 12.3. The van der Waals surface area contributed by atoms with Crippen molar-refractivity contribution >= 4 is 28.2 Å². The second-order valence-corrected chi connectivity index (χ2v) is 6.98. The zero-order valence-electron chi connectivity index (χ0n) is 14.5. The maximum atomic E-state index is 11.3. The average Bonchev–Trinajstić information content (AvgIpc) is 3.08. The van der Waals surface area contributed by atoms with Crippen molar-refractivity contribution in [2.75, 3.05) is 5.32 Å². The molecule has 0 radical (unpaired) electrons. The Kier molecular flexibility index (Phi) is 4.71. The van der Waals surface area contributed by atoms with Gasteiger partial charge in [0.15, 0.2) is 16.4 Å². The van der Waals surface area contributed by atoms with E-state index in [0.29, 0.717) is 28.8 Å². The highest BCUT2D eigenvalue weighted by molar-refractivity contribution is 7.89. The average molecular weight is 379 g/mol. The van der Waals surface area contributed by atoms with Crippen molar-refractivity contribution < 1.29 is 4.55 Å². The van der Waals surface area contributed by atoms with Crippen molar-refractivity contribution in [3.05, 3.63) is 60.4 Å². The number of benzene rings is 1. The number of aromatic nitrogens is 5. The van der Waals surface area contributed by atoms with Gasteiger partial charge in [-0.15, -0.1) is 5.14 Å². The van der Waals surface area contributed by atoms with Crippen molar-refractivity contribution in [2.24, 2.45) is 12.2 Å². The molecule has 27 heavy (non-hydrogen) atoms. The molecular formula is C18H17N7OS. The molecule has 8 nitrogen and oxygen atoms in total. The number of fused-ring (bicyclic) bond motifs is 1. The van der Waals surface area contributed by atoms with Gasteiger partial charge >= 0.3 is 0 Å². The highest BCUT2D eigenvalue weighted by atomic mass is 32.2. The summed E-state index contributed by atoms with van der Waals surface area (Å²) in [5.41, 5.74) is 2.43. The lowest BCUT2D eigenvalue weighted by molar-refractivity contribution is 0.596. The van der Waals surface area contributed by atoms with Crippen LogP contribution in [-0.4, -0.2) is 29.3 Å². The lowest BCUT2D eigenvalue weighted by atomic mass is 10.2. The van der Waals surface area contributed by atoms with Crippen LogP contribution in [0.15, 0.2) is 59.8 Å². The molecule has 136 valence electrons. The van der Waals surface area contributed by atoms with Gasteiger partial charge < -0.3 is 9.87 Å². The van der Waals surface area contributed by atoms with E-state index in [1.807, 2.05) is 37.4 Å². The van der Waals surface area contributed by atoms with Crippen molar-refractivity contribution in [3.63, 3.8) is 0 Å². The molecule has 3 heterocycles. The third-order valence-electron chi connectivity index (χ3n) is 4.10. The van der Waals surface area contributed by atoms with Crippen LogP contribution in [0.2, 0.25) is 0 Å². The first-order chi connectivity index (χ1) is 13.1. The minimum atomic E-state index is -1.48. The van der Waals surface area contributed by atoms with Crippen LogP contribution in [0.1, 0.15) is 5.56 Å². The highest BCUT2D eigenvalue weighted by Gasteiger charge is 2.13. The zero-order valence-corrected chi connectivity index (χ0v) is 15.3. The van der Waals surface area contributed by atoms with Crippen molar-refractivity contribution in [2.45, 2.75) is 11.4 Å². The number of nitrogens with zero attached hydrogens (tertiary/aromatic N) is 5. The van der Waals surface area contributed by atoms with Gasteiger partial charge in [0.05, 0.1) is 22.9 Å². The lowest BCUT2D eigenvalue weighted by Crippen LogP contribution is -2.12. The van der Waals surface area contributed by atoms with Crippen LogP contribution in [0.25, 0.3) is 22.6 Å². The van der Waals surface area contributed by atoms with Crippen LogP contribution in [0.4, 0.5) is 5.82 Å². The Morgan fingerprint density at radius 3 is 2.67 bits per heavy atom. The molecule has 0 aliphatic heterocycles. The molecule has 9 heteroatoms. The Labute approximate surface area is 158 Å². The van der Waals surface area contributed by atoms with E-state index < -0.39 is 11.4 Å². The van der Waals surface area contributed by atoms with Crippen molar-refractivity contribution in [3.8, 4) is 11.5 Å². The zero-order chi connectivity index (χ0) is 18.8. The third kappa shape index (κ3) is 3.61. The van der Waals surface area contributed by atoms with Gasteiger partial charge in [0.2, 0.25) is 0 Å². The molecule has 0 spiro atoms. The number of anilines is 1. The predicted molar refractivity (Wildman–Crippen MR) is 104 cm³/mol. The number of aryl methyl sites for hydroxylation is 1. The van der Waals surface area contributed by atoms with Gasteiger partial charge in [-0.3, -0.25) is 9.67 Å². The first-order valence-corrected chi connectivity index (χ1v) is 9.43. The smallest absolute Gasteiger partial charge is 0.182 e. The minimum Gasteiger partial charge on any atom is -0.593 e. The summed E-state index contributed by atoms with van der Waals surface area (Å²) in [4.78, 5) is 14.2. The second-order valence-electron chi connectivity index (χ2n) is 5.91. The molecule has 1 unspecified atom stereocenters. The van der Waals surface area contributed by atoms with E-state index in [9.17, 15) is 4.55 Å². The molecular weight excluding hydrogens is 362 g/mol. The maximum absolute atomic E-state index is 11.3. The second kappa shape index (κ2) is 7.31. The summed E-state index contributed by atoms with van der Waals surface area (Å²) in [5.74, 6) is 1.21. The molecule has 3 aromatic heterocycles. The number of nitrogens with one attached hydrogen (secondary N) is 1. The third-order valence-corrected chi connectivity index (χ3v) is 4.84. The van der Waals surface area contributed by atoms with Crippen LogP contribution < -0.4 is 10.5 Å². The summed E-state index contributed by atoms with van der Waals surface area (Å²) < 4.78 is 13.0. The predicted octanol–water partition coefficient (Wildman–Crippen LogP) is 2.02. The molecule has 1 aromatic carbocycles. The fraction of sp³-hybridized carbons (Fsp3) is 0.111. The monoisotopic (exact) mass is 379 g/mol. The fourth-order valence-electron chi connectivity index (χ4n) is 2.69. The molecule has 0 bridgehead atoms. The summed E-state index contributed by atoms with van der Waals surface area (Å²) in [6.07, 6.45) is 3.45. The molecule has 0 amide bonds. The lowest BCUT2D eigenvalue weighted by Gasteiger charge is -2.09. The minimum absolute atomic E-state index is 0.531. The van der Waals surface area contributed by atoms with Crippen molar-refractivity contribution in [1.29, 1.82) is 0 Å². The molecule has 0 fully saturated rings. The van der Waals surface area contributed by atoms with Crippen molar-refractivity contribution in [1.82, 2.24) is 24.7 Å². The van der Waals surface area contributed by atoms with Crippen LogP contribution in [0, 0.1) is 0 Å². The standard InChI is InChI=1S/C18H17N7OS/c1-25-18-14(11-22-25)16(23-17(24-18)15-4-2-3-9-20-15)21-10-12-5-7-13(8-6-12)27(19)26/h2-9,11H,10,19H2,1H3,(H,21,23,24). The van der Waals surface area contributed by atoms with Gasteiger partial charge in [0, 0.05) is 19.8 Å². The molecule has 4 rings (SSSR count). The quantitative estimate of drug-likeness (QED) is 0.509. The van der Waals surface area contributed by atoms with Gasteiger partial charge in [-0.2, -0.15) is 5.10 Å². The Hall–Kier alpha value is -3.01. The van der Waals surface area contributed by atoms with E-state index in [-0.39, 0.29) is 0 Å². The molecule has 1 atom stereocenters. The van der Waals surface area contributed by atoms with E-state index in [1.165, 1.54) is 0 Å². The number of hydrogen-bond acceptors (Lipinski definition) is 7. The Morgan fingerprint density at radius 1 is 1.15 bits per heavy atom. The van der Waals surface area contributed by atoms with E-state index in [2.05, 4.69) is 25.4 Å².